The molecule has 1 aromatic rings. The molecule has 0 atom stereocenters. The Kier molecular flexibility index (Phi) is 3.13. The zero-order valence-electron chi connectivity index (χ0n) is 6.41. The molecule has 0 spiro atoms. The van der Waals surface area contributed by atoms with Gasteiger partial charge in [0.1, 0.15) is 5.82 Å². The predicted octanol–water partition coefficient (Wildman–Crippen LogP) is 2.84. The van der Waals surface area contributed by atoms with E-state index in [1.807, 2.05) is 0 Å². The molecule has 0 aliphatic rings. The molecule has 1 rings (SSSR count). The number of hydrogen-bond acceptors (Lipinski definition) is 2. The van der Waals surface area contributed by atoms with Crippen LogP contribution in [0.4, 0.5) is 4.39 Å². The summed E-state index contributed by atoms with van der Waals surface area (Å²) in [6, 6.07) is 4.33. The summed E-state index contributed by atoms with van der Waals surface area (Å²) in [6.07, 6.45) is 1.99. The number of hydrogen-bond donors (Lipinski definition) is 0. The molecule has 0 bridgehead atoms. The van der Waals surface area contributed by atoms with Crippen molar-refractivity contribution in [2.24, 2.45) is 0 Å². The lowest BCUT2D eigenvalue weighted by Gasteiger charge is -1.96. The van der Waals surface area contributed by atoms with Crippen LogP contribution in [0.1, 0.15) is 5.56 Å². The molecule has 13 heavy (non-hydrogen) atoms. The average Bonchev–Trinajstić information content (AvgIpc) is 2.07. The van der Waals surface area contributed by atoms with Gasteiger partial charge in [0, 0.05) is 6.08 Å². The van der Waals surface area contributed by atoms with Crippen molar-refractivity contribution in [2.75, 3.05) is 0 Å². The Balaban J connectivity index is 3.02. The third-order valence-electron chi connectivity index (χ3n) is 1.36. The Bertz CT molecular complexity index is 365. The number of nitrogens with zero attached hydrogens (tertiary/aromatic N) is 1. The van der Waals surface area contributed by atoms with Crippen molar-refractivity contribution in [3.8, 4) is 0 Å². The number of nitro groups is 1. The highest BCUT2D eigenvalue weighted by Crippen LogP contribution is 2.21. The molecule has 0 saturated carbocycles. The Morgan fingerprint density at radius 1 is 1.54 bits per heavy atom. The van der Waals surface area contributed by atoms with Gasteiger partial charge in [-0.2, -0.15) is 0 Å². The number of rotatable bonds is 2. The molecule has 1 aromatic carbocycles. The fraction of sp³-hybridized carbons (Fsp3) is 0. The Morgan fingerprint density at radius 3 is 2.85 bits per heavy atom. The molecule has 0 radical (unpaired) electrons. The first-order chi connectivity index (χ1) is 6.11. The minimum atomic E-state index is -0.600. The standard InChI is InChI=1S/C8H5BrFNO2/c9-8-6(4-5-11(12)13)2-1-3-7(8)10/h1-5H/b5-4+. The SMILES string of the molecule is O=[N+]([O-])/C=C/c1cccc(F)c1Br. The smallest absolute Gasteiger partial charge is 0.235 e. The second-order valence-corrected chi connectivity index (χ2v) is 3.04. The molecule has 0 amide bonds. The molecule has 3 nitrogen and oxygen atoms in total. The van der Waals surface area contributed by atoms with E-state index in [4.69, 9.17) is 0 Å². The van der Waals surface area contributed by atoms with Crippen molar-refractivity contribution >= 4 is 22.0 Å². The van der Waals surface area contributed by atoms with Crippen LogP contribution < -0.4 is 0 Å². The molecule has 0 fully saturated rings. The van der Waals surface area contributed by atoms with Crippen LogP contribution in [0.2, 0.25) is 0 Å². The van der Waals surface area contributed by atoms with Crippen molar-refractivity contribution in [1.82, 2.24) is 0 Å². The lowest BCUT2D eigenvalue weighted by atomic mass is 10.2. The molecule has 68 valence electrons. The fourth-order valence-corrected chi connectivity index (χ4v) is 1.19. The molecular weight excluding hydrogens is 241 g/mol. The van der Waals surface area contributed by atoms with Gasteiger partial charge < -0.3 is 0 Å². The van der Waals surface area contributed by atoms with Crippen LogP contribution in [0.25, 0.3) is 6.08 Å². The van der Waals surface area contributed by atoms with Gasteiger partial charge in [0.15, 0.2) is 0 Å². The lowest BCUT2D eigenvalue weighted by Crippen LogP contribution is -1.85. The van der Waals surface area contributed by atoms with Crippen LogP contribution in [-0.2, 0) is 0 Å². The molecule has 0 aromatic heterocycles. The third kappa shape index (κ3) is 2.62. The lowest BCUT2D eigenvalue weighted by molar-refractivity contribution is -0.400. The van der Waals surface area contributed by atoms with E-state index in [1.54, 1.807) is 6.07 Å². The number of halogens is 2. The maximum absolute atomic E-state index is 12.9. The van der Waals surface area contributed by atoms with E-state index in [0.29, 0.717) is 5.56 Å². The van der Waals surface area contributed by atoms with Gasteiger partial charge in [-0.25, -0.2) is 4.39 Å². The first kappa shape index (κ1) is 9.85. The highest BCUT2D eigenvalue weighted by molar-refractivity contribution is 9.10. The van der Waals surface area contributed by atoms with Gasteiger partial charge in [0.05, 0.1) is 9.40 Å². The van der Waals surface area contributed by atoms with E-state index in [0.717, 1.165) is 6.20 Å². The van der Waals surface area contributed by atoms with Gasteiger partial charge in [-0.3, -0.25) is 10.1 Å². The molecule has 5 heteroatoms. The molecule has 0 aliphatic carbocycles. The van der Waals surface area contributed by atoms with Crippen molar-refractivity contribution in [2.45, 2.75) is 0 Å². The van der Waals surface area contributed by atoms with Crippen molar-refractivity contribution in [3.05, 3.63) is 50.4 Å². The molecule has 0 saturated heterocycles. The molecule has 0 heterocycles. The van der Waals surface area contributed by atoms with Crippen LogP contribution in [0.5, 0.6) is 0 Å². The predicted molar refractivity (Wildman–Crippen MR) is 50.1 cm³/mol. The summed E-state index contributed by atoms with van der Waals surface area (Å²) in [6.45, 7) is 0. The van der Waals surface area contributed by atoms with E-state index in [1.165, 1.54) is 18.2 Å². The van der Waals surface area contributed by atoms with Gasteiger partial charge in [-0.05, 0) is 27.6 Å². The summed E-state index contributed by atoms with van der Waals surface area (Å²) >= 11 is 2.98. The molecular formula is C8H5BrFNO2. The average molecular weight is 246 g/mol. The second kappa shape index (κ2) is 4.13. The highest BCUT2D eigenvalue weighted by Gasteiger charge is 2.02. The van der Waals surface area contributed by atoms with Crippen molar-refractivity contribution in [1.29, 1.82) is 0 Å². The van der Waals surface area contributed by atoms with Gasteiger partial charge in [-0.15, -0.1) is 0 Å². The van der Waals surface area contributed by atoms with Crippen LogP contribution >= 0.6 is 15.9 Å². The van der Waals surface area contributed by atoms with Crippen LogP contribution in [0.15, 0.2) is 28.9 Å². The van der Waals surface area contributed by atoms with E-state index < -0.39 is 10.7 Å². The molecule has 0 aliphatic heterocycles. The number of benzene rings is 1. The van der Waals surface area contributed by atoms with E-state index in [-0.39, 0.29) is 4.47 Å². The van der Waals surface area contributed by atoms with Crippen LogP contribution in [0, 0.1) is 15.9 Å². The van der Waals surface area contributed by atoms with Gasteiger partial charge in [0.2, 0.25) is 6.20 Å². The summed E-state index contributed by atoms with van der Waals surface area (Å²) in [5.41, 5.74) is 0.441. The Labute approximate surface area is 82.2 Å². The normalized spacial score (nSPS) is 10.6. The van der Waals surface area contributed by atoms with E-state index in [2.05, 4.69) is 15.9 Å². The summed E-state index contributed by atoms with van der Waals surface area (Å²) < 4.78 is 13.1. The van der Waals surface area contributed by atoms with Crippen molar-refractivity contribution in [3.63, 3.8) is 0 Å². The maximum atomic E-state index is 12.9. The summed E-state index contributed by atoms with van der Waals surface area (Å²) in [5, 5.41) is 9.98. The zero-order chi connectivity index (χ0) is 9.84. The summed E-state index contributed by atoms with van der Waals surface area (Å²) in [4.78, 5) is 9.38. The van der Waals surface area contributed by atoms with Crippen LogP contribution in [-0.4, -0.2) is 4.92 Å². The maximum Gasteiger partial charge on any atom is 0.235 e. The van der Waals surface area contributed by atoms with Gasteiger partial charge in [-0.1, -0.05) is 12.1 Å². The Morgan fingerprint density at radius 2 is 2.23 bits per heavy atom. The zero-order valence-corrected chi connectivity index (χ0v) is 7.99. The summed E-state index contributed by atoms with van der Waals surface area (Å²) in [7, 11) is 0. The van der Waals surface area contributed by atoms with E-state index in [9.17, 15) is 14.5 Å². The second-order valence-electron chi connectivity index (χ2n) is 2.24. The van der Waals surface area contributed by atoms with Gasteiger partial charge >= 0.3 is 0 Å². The third-order valence-corrected chi connectivity index (χ3v) is 2.19. The quantitative estimate of drug-likeness (QED) is 0.594. The first-order valence-corrected chi connectivity index (χ1v) is 4.16. The topological polar surface area (TPSA) is 43.1 Å². The first-order valence-electron chi connectivity index (χ1n) is 3.37. The van der Waals surface area contributed by atoms with Gasteiger partial charge in [0.25, 0.3) is 0 Å². The monoisotopic (exact) mass is 245 g/mol. The highest BCUT2D eigenvalue weighted by atomic mass is 79.9. The van der Waals surface area contributed by atoms with Crippen LogP contribution in [0.3, 0.4) is 0 Å². The molecule has 0 N–H and O–H groups in total. The molecule has 0 unspecified atom stereocenters. The summed E-state index contributed by atoms with van der Waals surface area (Å²) in [5.74, 6) is -0.439. The fourth-order valence-electron chi connectivity index (χ4n) is 0.790. The minimum Gasteiger partial charge on any atom is -0.259 e. The Hall–Kier alpha value is -1.23. The van der Waals surface area contributed by atoms with Crippen molar-refractivity contribution < 1.29 is 9.31 Å². The van der Waals surface area contributed by atoms with E-state index >= 15 is 0 Å². The largest absolute Gasteiger partial charge is 0.259 e. The minimum absolute atomic E-state index is 0.230.